The molecule has 0 spiro atoms. The van der Waals surface area contributed by atoms with Crippen LogP contribution in [0.5, 0.6) is 0 Å². The van der Waals surface area contributed by atoms with E-state index in [1.807, 2.05) is 6.92 Å². The highest BCUT2D eigenvalue weighted by Gasteiger charge is 2.36. The Balaban J connectivity index is 2.25. The maximum absolute atomic E-state index is 11.9. The van der Waals surface area contributed by atoms with Crippen molar-refractivity contribution in [3.05, 3.63) is 23.2 Å². The van der Waals surface area contributed by atoms with Crippen LogP contribution in [-0.2, 0) is 10.0 Å². The maximum Gasteiger partial charge on any atom is 0.240 e. The molecule has 88 valence electrons. The SMILES string of the molecule is CC1CC1NS(=O)(=O)c1ccc(Cl)c(N)c1. The molecule has 3 N–H and O–H groups in total. The number of hydrogen-bond donors (Lipinski definition) is 2. The predicted molar refractivity (Wildman–Crippen MR) is 63.8 cm³/mol. The number of sulfonamides is 1. The van der Waals surface area contributed by atoms with Gasteiger partial charge >= 0.3 is 0 Å². The number of halogens is 1. The molecule has 1 aliphatic carbocycles. The van der Waals surface area contributed by atoms with E-state index in [2.05, 4.69) is 4.72 Å². The van der Waals surface area contributed by atoms with Crippen LogP contribution in [0.25, 0.3) is 0 Å². The van der Waals surface area contributed by atoms with Gasteiger partial charge in [0.05, 0.1) is 15.6 Å². The number of anilines is 1. The topological polar surface area (TPSA) is 72.2 Å². The summed E-state index contributed by atoms with van der Waals surface area (Å²) in [5, 5.41) is 0.360. The van der Waals surface area contributed by atoms with Crippen LogP contribution >= 0.6 is 11.6 Å². The highest BCUT2D eigenvalue weighted by molar-refractivity contribution is 7.89. The number of benzene rings is 1. The minimum absolute atomic E-state index is 0.0573. The van der Waals surface area contributed by atoms with Gasteiger partial charge in [0.25, 0.3) is 0 Å². The smallest absolute Gasteiger partial charge is 0.240 e. The van der Waals surface area contributed by atoms with Gasteiger partial charge in [0.2, 0.25) is 10.0 Å². The fourth-order valence-corrected chi connectivity index (χ4v) is 2.95. The Kier molecular flexibility index (Phi) is 2.86. The molecule has 0 aromatic heterocycles. The first kappa shape index (κ1) is 11.7. The molecular weight excluding hydrogens is 248 g/mol. The van der Waals surface area contributed by atoms with Gasteiger partial charge < -0.3 is 5.73 Å². The van der Waals surface area contributed by atoms with E-state index >= 15 is 0 Å². The highest BCUT2D eigenvalue weighted by atomic mass is 35.5. The van der Waals surface area contributed by atoms with Gasteiger partial charge in [-0.05, 0) is 30.5 Å². The fourth-order valence-electron chi connectivity index (χ4n) is 1.44. The standard InChI is InChI=1S/C10H13ClN2O2S/c1-6-4-10(6)13-16(14,15)7-2-3-8(11)9(12)5-7/h2-3,5-6,10,13H,4,12H2,1H3. The summed E-state index contributed by atoms with van der Waals surface area (Å²) in [6, 6.07) is 4.37. The largest absolute Gasteiger partial charge is 0.397 e. The molecule has 0 amide bonds. The van der Waals surface area contributed by atoms with Gasteiger partial charge in [-0.1, -0.05) is 18.5 Å². The molecule has 2 unspecified atom stereocenters. The summed E-state index contributed by atoms with van der Waals surface area (Å²) in [5.41, 5.74) is 5.84. The molecule has 2 atom stereocenters. The van der Waals surface area contributed by atoms with Crippen molar-refractivity contribution in [2.45, 2.75) is 24.3 Å². The average molecular weight is 261 g/mol. The van der Waals surface area contributed by atoms with E-state index in [1.54, 1.807) is 0 Å². The van der Waals surface area contributed by atoms with Crippen molar-refractivity contribution in [3.63, 3.8) is 0 Å². The molecule has 0 saturated heterocycles. The minimum Gasteiger partial charge on any atom is -0.397 e. The van der Waals surface area contributed by atoms with E-state index in [9.17, 15) is 8.42 Å². The summed E-state index contributed by atoms with van der Waals surface area (Å²) in [7, 11) is -3.46. The molecule has 6 heteroatoms. The van der Waals surface area contributed by atoms with Crippen molar-refractivity contribution in [2.75, 3.05) is 5.73 Å². The zero-order chi connectivity index (χ0) is 11.9. The maximum atomic E-state index is 11.9. The Morgan fingerprint density at radius 3 is 2.62 bits per heavy atom. The van der Waals surface area contributed by atoms with E-state index in [0.717, 1.165) is 6.42 Å². The van der Waals surface area contributed by atoms with Gasteiger partial charge in [-0.3, -0.25) is 0 Å². The first-order chi connectivity index (χ1) is 7.40. The number of rotatable bonds is 3. The summed E-state index contributed by atoms with van der Waals surface area (Å²) in [6.07, 6.45) is 0.891. The summed E-state index contributed by atoms with van der Waals surface area (Å²) in [6.45, 7) is 2.00. The first-order valence-corrected chi connectivity index (χ1v) is 6.83. The van der Waals surface area contributed by atoms with Crippen molar-refractivity contribution >= 4 is 27.3 Å². The Labute approximate surface area is 99.8 Å². The van der Waals surface area contributed by atoms with Crippen LogP contribution in [0.2, 0.25) is 5.02 Å². The number of nitrogens with two attached hydrogens (primary N) is 1. The third-order valence-electron chi connectivity index (χ3n) is 2.69. The van der Waals surface area contributed by atoms with Crippen LogP contribution in [0.1, 0.15) is 13.3 Å². The summed E-state index contributed by atoms with van der Waals surface area (Å²) in [5.74, 6) is 0.416. The third kappa shape index (κ3) is 2.31. The molecule has 2 rings (SSSR count). The molecule has 1 saturated carbocycles. The van der Waals surface area contributed by atoms with Crippen LogP contribution < -0.4 is 10.5 Å². The molecule has 1 aromatic carbocycles. The monoisotopic (exact) mass is 260 g/mol. The van der Waals surface area contributed by atoms with Crippen molar-refractivity contribution in [1.82, 2.24) is 4.72 Å². The lowest BCUT2D eigenvalue weighted by atomic mass is 10.3. The van der Waals surface area contributed by atoms with Crippen molar-refractivity contribution in [2.24, 2.45) is 5.92 Å². The average Bonchev–Trinajstić information content (AvgIpc) is 2.85. The van der Waals surface area contributed by atoms with Crippen LogP contribution in [-0.4, -0.2) is 14.5 Å². The molecule has 0 aliphatic heterocycles. The molecule has 16 heavy (non-hydrogen) atoms. The second-order valence-corrected chi connectivity index (χ2v) is 6.25. The summed E-state index contributed by atoms with van der Waals surface area (Å²) >= 11 is 5.73. The van der Waals surface area contributed by atoms with Gasteiger partial charge in [0.1, 0.15) is 0 Å². The Morgan fingerprint density at radius 1 is 1.50 bits per heavy atom. The molecule has 4 nitrogen and oxygen atoms in total. The van der Waals surface area contributed by atoms with Crippen molar-refractivity contribution in [3.8, 4) is 0 Å². The third-order valence-corrected chi connectivity index (χ3v) is 4.53. The lowest BCUT2D eigenvalue weighted by Gasteiger charge is -2.07. The van der Waals surface area contributed by atoms with Crippen molar-refractivity contribution in [1.29, 1.82) is 0 Å². The van der Waals surface area contributed by atoms with Crippen LogP contribution in [0.4, 0.5) is 5.69 Å². The predicted octanol–water partition coefficient (Wildman–Crippen LogP) is 1.61. The fraction of sp³-hybridized carbons (Fsp3) is 0.400. The van der Waals surface area contributed by atoms with E-state index in [-0.39, 0.29) is 16.6 Å². The number of nitrogen functional groups attached to an aromatic ring is 1. The zero-order valence-corrected chi connectivity index (χ0v) is 10.3. The molecule has 1 aromatic rings. The lowest BCUT2D eigenvalue weighted by Crippen LogP contribution is -2.26. The van der Waals surface area contributed by atoms with E-state index in [4.69, 9.17) is 17.3 Å². The molecule has 1 fully saturated rings. The Morgan fingerprint density at radius 2 is 2.12 bits per heavy atom. The second-order valence-electron chi connectivity index (χ2n) is 4.12. The van der Waals surface area contributed by atoms with Crippen molar-refractivity contribution < 1.29 is 8.42 Å². The molecular formula is C10H13ClN2O2S. The van der Waals surface area contributed by atoms with Gasteiger partial charge in [-0.25, -0.2) is 13.1 Å². The zero-order valence-electron chi connectivity index (χ0n) is 8.77. The second kappa shape index (κ2) is 3.91. The molecule has 0 heterocycles. The summed E-state index contributed by atoms with van der Waals surface area (Å²) in [4.78, 5) is 0.161. The van der Waals surface area contributed by atoms with Gasteiger partial charge in [-0.2, -0.15) is 0 Å². The quantitative estimate of drug-likeness (QED) is 0.811. The summed E-state index contributed by atoms with van der Waals surface area (Å²) < 4.78 is 26.4. The normalized spacial score (nSPS) is 24.4. The first-order valence-electron chi connectivity index (χ1n) is 4.97. The Bertz CT molecular complexity index is 516. The van der Waals surface area contributed by atoms with Gasteiger partial charge in [0.15, 0.2) is 0 Å². The minimum atomic E-state index is -3.46. The molecule has 1 aliphatic rings. The lowest BCUT2D eigenvalue weighted by molar-refractivity contribution is 0.578. The van der Waals surface area contributed by atoms with Crippen LogP contribution in [0, 0.1) is 5.92 Å². The highest BCUT2D eigenvalue weighted by Crippen LogP contribution is 2.31. The number of hydrogen-bond acceptors (Lipinski definition) is 3. The molecule has 0 bridgehead atoms. The van der Waals surface area contributed by atoms with E-state index in [1.165, 1.54) is 18.2 Å². The number of nitrogens with one attached hydrogen (secondary N) is 1. The molecule has 0 radical (unpaired) electrons. The Hall–Kier alpha value is -0.780. The van der Waals surface area contributed by atoms with E-state index in [0.29, 0.717) is 10.9 Å². The van der Waals surface area contributed by atoms with E-state index < -0.39 is 10.0 Å². The van der Waals surface area contributed by atoms with Gasteiger partial charge in [0, 0.05) is 6.04 Å². The van der Waals surface area contributed by atoms with Crippen LogP contribution in [0.15, 0.2) is 23.1 Å². The van der Waals surface area contributed by atoms with Gasteiger partial charge in [-0.15, -0.1) is 0 Å². The van der Waals surface area contributed by atoms with Crippen LogP contribution in [0.3, 0.4) is 0 Å².